The van der Waals surface area contributed by atoms with E-state index in [1.54, 1.807) is 24.3 Å². The highest BCUT2D eigenvalue weighted by Gasteiger charge is 1.98. The molecular formula is C8H9O3S-. The molecule has 1 N–H and O–H groups in total. The average molecular weight is 185 g/mol. The summed E-state index contributed by atoms with van der Waals surface area (Å²) in [5.74, 6) is -0.0310. The molecule has 0 aromatic heterocycles. The van der Waals surface area contributed by atoms with Gasteiger partial charge >= 0.3 is 0 Å². The molecule has 0 aliphatic rings. The molecule has 3 nitrogen and oxygen atoms in total. The van der Waals surface area contributed by atoms with Gasteiger partial charge in [-0.3, -0.25) is 4.21 Å². The van der Waals surface area contributed by atoms with Crippen molar-refractivity contribution in [3.8, 4) is 0 Å². The maximum atomic E-state index is 10.4. The topological polar surface area (TPSA) is 60.4 Å². The third-order valence-corrected chi connectivity index (χ3v) is 2.11. The zero-order valence-corrected chi connectivity index (χ0v) is 7.21. The van der Waals surface area contributed by atoms with Crippen molar-refractivity contribution in [1.29, 1.82) is 0 Å². The fourth-order valence-corrected chi connectivity index (χ4v) is 1.52. The monoisotopic (exact) mass is 185 g/mol. The largest absolute Gasteiger partial charge is 0.772 e. The first kappa shape index (κ1) is 9.38. The normalized spacial score (nSPS) is 12.8. The van der Waals surface area contributed by atoms with Crippen LogP contribution < -0.4 is 0 Å². The summed E-state index contributed by atoms with van der Waals surface area (Å²) < 4.78 is 20.7. The standard InChI is InChI=1S/C8H10O3S/c9-5-7-3-1-2-4-8(7)6-12(10)11/h1-4,9H,5-6H2,(H,10,11)/p-1. The van der Waals surface area contributed by atoms with Gasteiger partial charge < -0.3 is 9.66 Å². The second-order valence-electron chi connectivity index (χ2n) is 2.37. The van der Waals surface area contributed by atoms with E-state index in [4.69, 9.17) is 5.11 Å². The van der Waals surface area contributed by atoms with Crippen LogP contribution in [0.1, 0.15) is 11.1 Å². The quantitative estimate of drug-likeness (QED) is 0.700. The molecule has 4 heteroatoms. The number of aliphatic hydroxyl groups is 1. The summed E-state index contributed by atoms with van der Waals surface area (Å²) in [6, 6.07) is 6.92. The lowest BCUT2D eigenvalue weighted by Gasteiger charge is -2.08. The Balaban J connectivity index is 2.89. The van der Waals surface area contributed by atoms with E-state index < -0.39 is 11.1 Å². The predicted octanol–water partition coefficient (Wildman–Crippen LogP) is 0.558. The number of benzene rings is 1. The maximum Gasteiger partial charge on any atom is 0.0684 e. The Labute approximate surface area is 73.3 Å². The van der Waals surface area contributed by atoms with Crippen LogP contribution in [0.25, 0.3) is 0 Å². The molecule has 0 heterocycles. The fraction of sp³-hybridized carbons (Fsp3) is 0.250. The molecule has 0 aliphatic heterocycles. The van der Waals surface area contributed by atoms with Crippen LogP contribution in [0.5, 0.6) is 0 Å². The van der Waals surface area contributed by atoms with Gasteiger partial charge in [0.1, 0.15) is 0 Å². The Hall–Kier alpha value is -0.710. The number of rotatable bonds is 3. The first-order chi connectivity index (χ1) is 5.74. The van der Waals surface area contributed by atoms with Crippen molar-refractivity contribution in [3.63, 3.8) is 0 Å². The third-order valence-electron chi connectivity index (χ3n) is 1.56. The van der Waals surface area contributed by atoms with Crippen LogP contribution in [-0.4, -0.2) is 13.9 Å². The minimum Gasteiger partial charge on any atom is -0.772 e. The van der Waals surface area contributed by atoms with E-state index in [9.17, 15) is 8.76 Å². The fourth-order valence-electron chi connectivity index (χ4n) is 0.980. The Morgan fingerprint density at radius 1 is 1.33 bits per heavy atom. The minimum absolute atomic E-state index is 0.0310. The average Bonchev–Trinajstić information content (AvgIpc) is 2.04. The summed E-state index contributed by atoms with van der Waals surface area (Å²) in [7, 11) is 0. The van der Waals surface area contributed by atoms with E-state index in [1.807, 2.05) is 0 Å². The maximum absolute atomic E-state index is 10.4. The van der Waals surface area contributed by atoms with E-state index in [2.05, 4.69) is 0 Å². The van der Waals surface area contributed by atoms with Crippen LogP contribution in [0.4, 0.5) is 0 Å². The van der Waals surface area contributed by atoms with E-state index >= 15 is 0 Å². The van der Waals surface area contributed by atoms with Crippen molar-refractivity contribution in [2.75, 3.05) is 0 Å². The molecular weight excluding hydrogens is 176 g/mol. The van der Waals surface area contributed by atoms with Gasteiger partial charge in [-0.1, -0.05) is 35.3 Å². The van der Waals surface area contributed by atoms with Crippen LogP contribution >= 0.6 is 0 Å². The summed E-state index contributed by atoms with van der Waals surface area (Å²) in [6.45, 7) is -0.118. The van der Waals surface area contributed by atoms with Gasteiger partial charge in [-0.05, 0) is 11.1 Å². The number of hydrogen-bond donors (Lipinski definition) is 1. The second-order valence-corrected chi connectivity index (χ2v) is 3.27. The van der Waals surface area contributed by atoms with Crippen molar-refractivity contribution in [2.24, 2.45) is 0 Å². The van der Waals surface area contributed by atoms with Crippen LogP contribution in [0.15, 0.2) is 24.3 Å². The van der Waals surface area contributed by atoms with Crippen LogP contribution in [-0.2, 0) is 23.4 Å². The zero-order valence-electron chi connectivity index (χ0n) is 6.40. The first-order valence-electron chi connectivity index (χ1n) is 3.47. The van der Waals surface area contributed by atoms with Gasteiger partial charge in [-0.25, -0.2) is 0 Å². The summed E-state index contributed by atoms with van der Waals surface area (Å²) in [6.07, 6.45) is 0. The minimum atomic E-state index is -2.09. The van der Waals surface area contributed by atoms with E-state index in [0.717, 1.165) is 0 Å². The summed E-state index contributed by atoms with van der Waals surface area (Å²) in [5, 5.41) is 8.83. The molecule has 0 spiro atoms. The lowest BCUT2D eigenvalue weighted by molar-refractivity contribution is 0.281. The zero-order chi connectivity index (χ0) is 8.97. The van der Waals surface area contributed by atoms with Crippen molar-refractivity contribution >= 4 is 11.1 Å². The Morgan fingerprint density at radius 2 is 1.92 bits per heavy atom. The molecule has 1 atom stereocenters. The van der Waals surface area contributed by atoms with Crippen molar-refractivity contribution in [1.82, 2.24) is 0 Å². The van der Waals surface area contributed by atoms with E-state index in [1.165, 1.54) is 0 Å². The van der Waals surface area contributed by atoms with Gasteiger partial charge in [0.2, 0.25) is 0 Å². The van der Waals surface area contributed by atoms with Crippen molar-refractivity contribution in [2.45, 2.75) is 12.4 Å². The molecule has 1 rings (SSSR count). The van der Waals surface area contributed by atoms with Crippen molar-refractivity contribution < 1.29 is 13.9 Å². The molecule has 0 fully saturated rings. The van der Waals surface area contributed by atoms with E-state index in [-0.39, 0.29) is 12.4 Å². The van der Waals surface area contributed by atoms with Crippen molar-refractivity contribution in [3.05, 3.63) is 35.4 Å². The molecule has 1 unspecified atom stereocenters. The lowest BCUT2D eigenvalue weighted by atomic mass is 10.1. The van der Waals surface area contributed by atoms with Gasteiger partial charge in [0.05, 0.1) is 6.61 Å². The molecule has 12 heavy (non-hydrogen) atoms. The summed E-state index contributed by atoms with van der Waals surface area (Å²) in [5.41, 5.74) is 1.33. The highest BCUT2D eigenvalue weighted by atomic mass is 32.2. The summed E-state index contributed by atoms with van der Waals surface area (Å²) in [4.78, 5) is 0. The van der Waals surface area contributed by atoms with Gasteiger partial charge in [0, 0.05) is 5.75 Å². The Kier molecular flexibility index (Phi) is 3.40. The highest BCUT2D eigenvalue weighted by Crippen LogP contribution is 2.09. The highest BCUT2D eigenvalue weighted by molar-refractivity contribution is 7.78. The van der Waals surface area contributed by atoms with Crippen LogP contribution in [0, 0.1) is 0 Å². The molecule has 0 radical (unpaired) electrons. The molecule has 0 saturated carbocycles. The smallest absolute Gasteiger partial charge is 0.0684 e. The lowest BCUT2D eigenvalue weighted by Crippen LogP contribution is -1.98. The Bertz CT molecular complexity index is 285. The number of hydrogen-bond acceptors (Lipinski definition) is 3. The van der Waals surface area contributed by atoms with Gasteiger partial charge in [-0.2, -0.15) is 0 Å². The molecule has 66 valence electrons. The van der Waals surface area contributed by atoms with Crippen LogP contribution in [0.2, 0.25) is 0 Å². The Morgan fingerprint density at radius 3 is 2.42 bits per heavy atom. The molecule has 0 aliphatic carbocycles. The SMILES string of the molecule is O=S([O-])Cc1ccccc1CO. The first-order valence-corrected chi connectivity index (χ1v) is 4.72. The summed E-state index contributed by atoms with van der Waals surface area (Å²) >= 11 is -2.09. The molecule has 0 amide bonds. The molecule has 1 aromatic carbocycles. The van der Waals surface area contributed by atoms with Gasteiger partial charge in [0.15, 0.2) is 0 Å². The van der Waals surface area contributed by atoms with Gasteiger partial charge in [0.25, 0.3) is 0 Å². The number of aliphatic hydroxyl groups excluding tert-OH is 1. The molecule has 0 bridgehead atoms. The van der Waals surface area contributed by atoms with Crippen LogP contribution in [0.3, 0.4) is 0 Å². The molecule has 1 aromatic rings. The molecule has 0 saturated heterocycles. The third kappa shape index (κ3) is 2.41. The predicted molar refractivity (Wildman–Crippen MR) is 45.0 cm³/mol. The second kappa shape index (κ2) is 4.35. The van der Waals surface area contributed by atoms with Gasteiger partial charge in [-0.15, -0.1) is 0 Å². The van der Waals surface area contributed by atoms with E-state index in [0.29, 0.717) is 11.1 Å².